The zero-order chi connectivity index (χ0) is 14.1. The Morgan fingerprint density at radius 2 is 2.05 bits per heavy atom. The Morgan fingerprint density at radius 3 is 2.68 bits per heavy atom. The highest BCUT2D eigenvalue weighted by Crippen LogP contribution is 2.34. The molecule has 114 valence electrons. The molecule has 0 spiro atoms. The van der Waals surface area contributed by atoms with Crippen molar-refractivity contribution in [1.29, 1.82) is 0 Å². The van der Waals surface area contributed by atoms with Gasteiger partial charge in [-0.15, -0.1) is 0 Å². The van der Waals surface area contributed by atoms with E-state index in [1.54, 1.807) is 0 Å². The molecular formula is C16H33NO2. The topological polar surface area (TPSA) is 30.5 Å². The fourth-order valence-corrected chi connectivity index (χ4v) is 2.91. The summed E-state index contributed by atoms with van der Waals surface area (Å²) in [5.41, 5.74) is 0.0392. The number of nitrogens with one attached hydrogen (secondary N) is 1. The van der Waals surface area contributed by atoms with Crippen molar-refractivity contribution in [2.45, 2.75) is 71.4 Å². The maximum atomic E-state index is 6.25. The van der Waals surface area contributed by atoms with Gasteiger partial charge in [0.1, 0.15) is 0 Å². The summed E-state index contributed by atoms with van der Waals surface area (Å²) < 4.78 is 11.8. The lowest BCUT2D eigenvalue weighted by Gasteiger charge is -2.40. The van der Waals surface area contributed by atoms with Gasteiger partial charge in [-0.05, 0) is 25.2 Å². The lowest BCUT2D eigenvalue weighted by molar-refractivity contribution is -0.0958. The monoisotopic (exact) mass is 271 g/mol. The molecule has 0 bridgehead atoms. The van der Waals surface area contributed by atoms with Gasteiger partial charge < -0.3 is 14.8 Å². The molecule has 1 N–H and O–H groups in total. The largest absolute Gasteiger partial charge is 0.379 e. The van der Waals surface area contributed by atoms with Crippen LogP contribution in [0.1, 0.15) is 59.8 Å². The first-order valence-electron chi connectivity index (χ1n) is 8.03. The second kappa shape index (κ2) is 8.93. The van der Waals surface area contributed by atoms with Crippen LogP contribution in [0.3, 0.4) is 0 Å². The summed E-state index contributed by atoms with van der Waals surface area (Å²) in [4.78, 5) is 0. The first-order valence-corrected chi connectivity index (χ1v) is 8.03. The minimum absolute atomic E-state index is 0.0392. The Kier molecular flexibility index (Phi) is 7.96. The molecule has 0 saturated heterocycles. The van der Waals surface area contributed by atoms with Gasteiger partial charge in [-0.3, -0.25) is 0 Å². The van der Waals surface area contributed by atoms with Crippen molar-refractivity contribution in [2.75, 3.05) is 26.4 Å². The number of hydrogen-bond donors (Lipinski definition) is 1. The van der Waals surface area contributed by atoms with Gasteiger partial charge in [0, 0.05) is 19.2 Å². The molecule has 0 aromatic rings. The Morgan fingerprint density at radius 1 is 1.26 bits per heavy atom. The summed E-state index contributed by atoms with van der Waals surface area (Å²) in [5.74, 6) is 0.777. The molecule has 1 fully saturated rings. The Balaban J connectivity index is 2.39. The lowest BCUT2D eigenvalue weighted by Crippen LogP contribution is -2.48. The average Bonchev–Trinajstić information content (AvgIpc) is 2.36. The molecule has 0 amide bonds. The molecule has 1 saturated carbocycles. The SMILES string of the molecule is CCCOCCOC1(CNC(C)C)CCCC(C)C1. The summed E-state index contributed by atoms with van der Waals surface area (Å²) in [5, 5.41) is 3.56. The highest BCUT2D eigenvalue weighted by atomic mass is 16.5. The van der Waals surface area contributed by atoms with Crippen molar-refractivity contribution in [2.24, 2.45) is 5.92 Å². The molecule has 1 aliphatic carbocycles. The summed E-state index contributed by atoms with van der Waals surface area (Å²) in [7, 11) is 0. The number of rotatable bonds is 9. The van der Waals surface area contributed by atoms with Gasteiger partial charge in [0.05, 0.1) is 18.8 Å². The summed E-state index contributed by atoms with van der Waals surface area (Å²) in [6.07, 6.45) is 6.08. The molecule has 3 nitrogen and oxygen atoms in total. The van der Waals surface area contributed by atoms with Crippen LogP contribution in [0.25, 0.3) is 0 Å². The van der Waals surface area contributed by atoms with E-state index in [4.69, 9.17) is 9.47 Å². The van der Waals surface area contributed by atoms with Crippen molar-refractivity contribution in [3.8, 4) is 0 Å². The average molecular weight is 271 g/mol. The highest BCUT2D eigenvalue weighted by molar-refractivity contribution is 4.89. The predicted octanol–water partition coefficient (Wildman–Crippen LogP) is 3.38. The van der Waals surface area contributed by atoms with Gasteiger partial charge >= 0.3 is 0 Å². The van der Waals surface area contributed by atoms with Crippen molar-refractivity contribution in [3.05, 3.63) is 0 Å². The van der Waals surface area contributed by atoms with Crippen LogP contribution in [0.2, 0.25) is 0 Å². The third-order valence-corrected chi connectivity index (χ3v) is 3.87. The third kappa shape index (κ3) is 6.73. The van der Waals surface area contributed by atoms with E-state index in [0.29, 0.717) is 6.04 Å². The van der Waals surface area contributed by atoms with E-state index in [0.717, 1.165) is 38.7 Å². The maximum absolute atomic E-state index is 6.25. The smallest absolute Gasteiger partial charge is 0.0810 e. The van der Waals surface area contributed by atoms with E-state index in [-0.39, 0.29) is 5.60 Å². The van der Waals surface area contributed by atoms with E-state index in [2.05, 4.69) is 33.0 Å². The fraction of sp³-hybridized carbons (Fsp3) is 1.00. The maximum Gasteiger partial charge on any atom is 0.0810 e. The van der Waals surface area contributed by atoms with Crippen molar-refractivity contribution >= 4 is 0 Å². The van der Waals surface area contributed by atoms with E-state index in [1.807, 2.05) is 0 Å². The summed E-state index contributed by atoms with van der Waals surface area (Å²) >= 11 is 0. The van der Waals surface area contributed by atoms with E-state index >= 15 is 0 Å². The van der Waals surface area contributed by atoms with Crippen molar-refractivity contribution < 1.29 is 9.47 Å². The van der Waals surface area contributed by atoms with Crippen LogP contribution in [-0.4, -0.2) is 38.0 Å². The van der Waals surface area contributed by atoms with Gasteiger partial charge in [0.15, 0.2) is 0 Å². The molecule has 1 rings (SSSR count). The van der Waals surface area contributed by atoms with Gasteiger partial charge in [0.25, 0.3) is 0 Å². The van der Waals surface area contributed by atoms with E-state index in [9.17, 15) is 0 Å². The fourth-order valence-electron chi connectivity index (χ4n) is 2.91. The normalized spacial score (nSPS) is 27.9. The van der Waals surface area contributed by atoms with Crippen LogP contribution < -0.4 is 5.32 Å². The molecule has 0 aromatic heterocycles. The Bertz CT molecular complexity index is 233. The molecule has 19 heavy (non-hydrogen) atoms. The minimum atomic E-state index is 0.0392. The van der Waals surface area contributed by atoms with Crippen LogP contribution in [0.4, 0.5) is 0 Å². The van der Waals surface area contributed by atoms with Crippen LogP contribution in [0, 0.1) is 5.92 Å². The van der Waals surface area contributed by atoms with Crippen molar-refractivity contribution in [1.82, 2.24) is 5.32 Å². The molecule has 0 heterocycles. The van der Waals surface area contributed by atoms with Gasteiger partial charge in [-0.2, -0.15) is 0 Å². The molecular weight excluding hydrogens is 238 g/mol. The van der Waals surface area contributed by atoms with Crippen LogP contribution in [-0.2, 0) is 9.47 Å². The second-order valence-electron chi connectivity index (χ2n) is 6.38. The number of hydrogen-bond acceptors (Lipinski definition) is 3. The molecule has 0 aromatic carbocycles. The lowest BCUT2D eigenvalue weighted by atomic mass is 9.78. The van der Waals surface area contributed by atoms with Gasteiger partial charge in [0.2, 0.25) is 0 Å². The molecule has 0 radical (unpaired) electrons. The Labute approximate surface area is 119 Å². The van der Waals surface area contributed by atoms with Crippen LogP contribution >= 0.6 is 0 Å². The molecule has 2 atom stereocenters. The zero-order valence-corrected chi connectivity index (χ0v) is 13.3. The highest BCUT2D eigenvalue weighted by Gasteiger charge is 2.35. The summed E-state index contributed by atoms with van der Waals surface area (Å²) in [6, 6.07) is 0.522. The second-order valence-corrected chi connectivity index (χ2v) is 6.38. The summed E-state index contributed by atoms with van der Waals surface area (Å²) in [6.45, 7) is 12.2. The molecule has 2 unspecified atom stereocenters. The quantitative estimate of drug-likeness (QED) is 0.652. The standard InChI is InChI=1S/C16H33NO2/c1-5-9-18-10-11-19-16(13-17-14(2)3)8-6-7-15(4)12-16/h14-15,17H,5-13H2,1-4H3. The Hall–Kier alpha value is -0.120. The molecule has 0 aliphatic heterocycles. The van der Waals surface area contributed by atoms with Crippen LogP contribution in [0.5, 0.6) is 0 Å². The van der Waals surface area contributed by atoms with Gasteiger partial charge in [-0.1, -0.05) is 40.5 Å². The first kappa shape index (κ1) is 16.9. The first-order chi connectivity index (χ1) is 9.08. The zero-order valence-electron chi connectivity index (χ0n) is 13.3. The van der Waals surface area contributed by atoms with Crippen molar-refractivity contribution in [3.63, 3.8) is 0 Å². The van der Waals surface area contributed by atoms with E-state index < -0.39 is 0 Å². The molecule has 3 heteroatoms. The van der Waals surface area contributed by atoms with E-state index in [1.165, 1.54) is 25.7 Å². The van der Waals surface area contributed by atoms with Crippen LogP contribution in [0.15, 0.2) is 0 Å². The minimum Gasteiger partial charge on any atom is -0.379 e. The molecule has 1 aliphatic rings. The third-order valence-electron chi connectivity index (χ3n) is 3.87. The van der Waals surface area contributed by atoms with Gasteiger partial charge in [-0.25, -0.2) is 0 Å². The predicted molar refractivity (Wildman–Crippen MR) is 80.6 cm³/mol. The number of ether oxygens (including phenoxy) is 2.